The molecule has 37 heavy (non-hydrogen) atoms. The number of H-pyrrole nitrogens is 1. The first-order chi connectivity index (χ1) is 18.1. The van der Waals surface area contributed by atoms with Gasteiger partial charge in [-0.2, -0.15) is 0 Å². The Kier molecular flexibility index (Phi) is 6.26. The molecule has 0 spiro atoms. The predicted molar refractivity (Wildman–Crippen MR) is 137 cm³/mol. The van der Waals surface area contributed by atoms with Gasteiger partial charge in [0.25, 0.3) is 0 Å². The van der Waals surface area contributed by atoms with Gasteiger partial charge in [-0.05, 0) is 17.7 Å². The van der Waals surface area contributed by atoms with Gasteiger partial charge >= 0.3 is 0 Å². The van der Waals surface area contributed by atoms with E-state index in [2.05, 4.69) is 11.1 Å². The van der Waals surface area contributed by atoms with E-state index >= 15 is 0 Å². The topological polar surface area (TPSA) is 88.5 Å². The SMILES string of the molecule is COc1cccc([C@@H]2c3[nH]c4ccccc4c3C[C@H]3C(=O)N(CC[NH+]4CCOCC4)CC(=O)N23)c1OC. The molecular weight excluding hydrogens is 472 g/mol. The van der Waals surface area contributed by atoms with Gasteiger partial charge in [0.05, 0.1) is 40.5 Å². The molecule has 3 aromatic rings. The van der Waals surface area contributed by atoms with Gasteiger partial charge in [0, 0.05) is 28.6 Å². The van der Waals surface area contributed by atoms with E-state index in [1.165, 1.54) is 4.90 Å². The molecule has 9 nitrogen and oxygen atoms in total. The van der Waals surface area contributed by atoms with Gasteiger partial charge < -0.3 is 33.9 Å². The minimum absolute atomic E-state index is 0.00931. The van der Waals surface area contributed by atoms with Gasteiger partial charge in [-0.3, -0.25) is 9.59 Å². The fraction of sp³-hybridized carbons (Fsp3) is 0.429. The summed E-state index contributed by atoms with van der Waals surface area (Å²) in [6.45, 7) is 4.82. The second kappa shape index (κ2) is 9.72. The van der Waals surface area contributed by atoms with Crippen molar-refractivity contribution in [3.05, 3.63) is 59.3 Å². The standard InChI is InChI=1S/C28H32N4O5/c1-35-23-9-5-7-19(27(23)36-2)26-25-20(18-6-3-4-8-21(18)29-25)16-22-28(34)31(17-24(33)32(22)26)11-10-30-12-14-37-15-13-30/h3-9,22,26,29H,10-17H2,1-2H3/p+1/t22-,26+/m0/s1. The Morgan fingerprint density at radius 3 is 2.65 bits per heavy atom. The van der Waals surface area contributed by atoms with Gasteiger partial charge in [0.15, 0.2) is 11.5 Å². The fourth-order valence-corrected chi connectivity index (χ4v) is 6.17. The van der Waals surface area contributed by atoms with Crippen molar-refractivity contribution in [3.63, 3.8) is 0 Å². The van der Waals surface area contributed by atoms with E-state index in [1.54, 1.807) is 24.0 Å². The van der Waals surface area contributed by atoms with Crippen LogP contribution in [0.15, 0.2) is 42.5 Å². The number of hydrogen-bond donors (Lipinski definition) is 2. The Morgan fingerprint density at radius 1 is 1.05 bits per heavy atom. The maximum Gasteiger partial charge on any atom is 0.246 e. The first-order valence-electron chi connectivity index (χ1n) is 12.9. The number of carbonyl (C=O) groups is 2. The first-order valence-corrected chi connectivity index (χ1v) is 12.9. The number of nitrogens with one attached hydrogen (secondary N) is 2. The van der Waals surface area contributed by atoms with Crippen molar-refractivity contribution in [3.8, 4) is 11.5 Å². The zero-order chi connectivity index (χ0) is 25.5. The van der Waals surface area contributed by atoms with Crippen LogP contribution < -0.4 is 14.4 Å². The number of para-hydroxylation sites is 2. The Bertz CT molecular complexity index is 1330. The number of fused-ring (bicyclic) bond motifs is 4. The molecule has 0 radical (unpaired) electrons. The Balaban J connectivity index is 1.42. The van der Waals surface area contributed by atoms with Crippen LogP contribution in [0.5, 0.6) is 11.5 Å². The molecule has 1 aromatic heterocycles. The number of aromatic amines is 1. The second-order valence-electron chi connectivity index (χ2n) is 9.94. The van der Waals surface area contributed by atoms with Crippen LogP contribution in [-0.4, -0.2) is 92.8 Å². The second-order valence-corrected chi connectivity index (χ2v) is 9.94. The number of aromatic nitrogens is 1. The molecule has 3 aliphatic rings. The average Bonchev–Trinajstić information content (AvgIpc) is 3.31. The quantitative estimate of drug-likeness (QED) is 0.517. The number of carbonyl (C=O) groups excluding carboxylic acids is 2. The Hall–Kier alpha value is -3.56. The highest BCUT2D eigenvalue weighted by Crippen LogP contribution is 2.46. The molecule has 0 saturated carbocycles. The number of rotatable bonds is 6. The number of methoxy groups -OCH3 is 2. The third-order valence-electron chi connectivity index (χ3n) is 8.01. The molecule has 4 heterocycles. The van der Waals surface area contributed by atoms with Crippen LogP contribution in [-0.2, 0) is 20.7 Å². The monoisotopic (exact) mass is 505 g/mol. The Labute approximate surface area is 215 Å². The van der Waals surface area contributed by atoms with Crippen LogP contribution in [0.25, 0.3) is 10.9 Å². The van der Waals surface area contributed by atoms with Crippen LogP contribution in [0.2, 0.25) is 0 Å². The largest absolute Gasteiger partial charge is 0.493 e. The number of nitrogens with zero attached hydrogens (tertiary/aromatic N) is 2. The van der Waals surface area contributed by atoms with E-state index in [0.717, 1.165) is 60.6 Å². The number of amides is 2. The molecule has 194 valence electrons. The molecule has 2 N–H and O–H groups in total. The number of quaternary nitrogens is 1. The molecule has 0 unspecified atom stereocenters. The van der Waals surface area contributed by atoms with Gasteiger partial charge in [-0.15, -0.1) is 0 Å². The number of piperazine rings is 1. The lowest BCUT2D eigenvalue weighted by Gasteiger charge is -2.47. The van der Waals surface area contributed by atoms with Crippen molar-refractivity contribution in [2.75, 3.05) is 60.2 Å². The summed E-state index contributed by atoms with van der Waals surface area (Å²) in [7, 11) is 3.20. The summed E-state index contributed by atoms with van der Waals surface area (Å²) in [5.74, 6) is 1.11. The van der Waals surface area contributed by atoms with E-state index in [0.29, 0.717) is 24.5 Å². The molecule has 2 amide bonds. The molecule has 2 saturated heterocycles. The molecule has 2 atom stereocenters. The summed E-state index contributed by atoms with van der Waals surface area (Å²) in [4.78, 5) is 36.3. The van der Waals surface area contributed by atoms with Crippen molar-refractivity contribution in [1.29, 1.82) is 0 Å². The zero-order valence-electron chi connectivity index (χ0n) is 21.3. The van der Waals surface area contributed by atoms with E-state index in [4.69, 9.17) is 14.2 Å². The summed E-state index contributed by atoms with van der Waals surface area (Å²) < 4.78 is 16.8. The van der Waals surface area contributed by atoms with Crippen LogP contribution in [0, 0.1) is 0 Å². The van der Waals surface area contributed by atoms with Gasteiger partial charge in [0.1, 0.15) is 31.7 Å². The normalized spacial score (nSPS) is 22.2. The maximum atomic E-state index is 13.9. The van der Waals surface area contributed by atoms with Gasteiger partial charge in [-0.25, -0.2) is 0 Å². The van der Waals surface area contributed by atoms with E-state index < -0.39 is 12.1 Å². The minimum Gasteiger partial charge on any atom is -0.493 e. The lowest BCUT2D eigenvalue weighted by molar-refractivity contribution is -0.907. The highest BCUT2D eigenvalue weighted by molar-refractivity contribution is 5.97. The molecule has 0 bridgehead atoms. The van der Waals surface area contributed by atoms with E-state index in [9.17, 15) is 9.59 Å². The third kappa shape index (κ3) is 4.02. The summed E-state index contributed by atoms with van der Waals surface area (Å²) in [6, 6.07) is 12.7. The van der Waals surface area contributed by atoms with E-state index in [1.807, 2.05) is 36.4 Å². The van der Waals surface area contributed by atoms with Crippen molar-refractivity contribution in [2.45, 2.75) is 18.5 Å². The average molecular weight is 506 g/mol. The van der Waals surface area contributed by atoms with Crippen molar-refractivity contribution >= 4 is 22.7 Å². The zero-order valence-corrected chi connectivity index (χ0v) is 21.3. The summed E-state index contributed by atoms with van der Waals surface area (Å²) in [5.41, 5.74) is 3.79. The van der Waals surface area contributed by atoms with Crippen molar-refractivity contribution < 1.29 is 28.7 Å². The molecule has 2 fully saturated rings. The third-order valence-corrected chi connectivity index (χ3v) is 8.01. The van der Waals surface area contributed by atoms with Crippen molar-refractivity contribution in [2.24, 2.45) is 0 Å². The number of benzene rings is 2. The molecule has 6 rings (SSSR count). The molecule has 0 aliphatic carbocycles. The van der Waals surface area contributed by atoms with Crippen LogP contribution >= 0.6 is 0 Å². The van der Waals surface area contributed by atoms with Crippen molar-refractivity contribution in [1.82, 2.24) is 14.8 Å². The molecule has 3 aliphatic heterocycles. The van der Waals surface area contributed by atoms with Crippen LogP contribution in [0.4, 0.5) is 0 Å². The first kappa shape index (κ1) is 23.8. The highest BCUT2D eigenvalue weighted by Gasteiger charge is 2.49. The lowest BCUT2D eigenvalue weighted by atomic mass is 9.85. The highest BCUT2D eigenvalue weighted by atomic mass is 16.5. The van der Waals surface area contributed by atoms with Gasteiger partial charge in [-0.1, -0.05) is 30.3 Å². The summed E-state index contributed by atoms with van der Waals surface area (Å²) in [6.07, 6.45) is 0.480. The van der Waals surface area contributed by atoms with E-state index in [-0.39, 0.29) is 18.4 Å². The predicted octanol–water partition coefficient (Wildman–Crippen LogP) is 0.785. The maximum absolute atomic E-state index is 13.9. The minimum atomic E-state index is -0.575. The lowest BCUT2D eigenvalue weighted by Crippen LogP contribution is -3.14. The molecule has 2 aromatic carbocycles. The van der Waals surface area contributed by atoms with Gasteiger partial charge in [0.2, 0.25) is 11.8 Å². The van der Waals surface area contributed by atoms with Crippen LogP contribution in [0.3, 0.4) is 0 Å². The number of morpholine rings is 1. The smallest absolute Gasteiger partial charge is 0.246 e. The summed E-state index contributed by atoms with van der Waals surface area (Å²) in [5, 5.41) is 1.08. The summed E-state index contributed by atoms with van der Waals surface area (Å²) >= 11 is 0. The number of hydrogen-bond acceptors (Lipinski definition) is 5. The molecule has 9 heteroatoms. The molecular formula is C28H33N4O5+. The Morgan fingerprint density at radius 2 is 1.86 bits per heavy atom. The fourth-order valence-electron chi connectivity index (χ4n) is 6.17. The number of ether oxygens (including phenoxy) is 3. The van der Waals surface area contributed by atoms with Crippen LogP contribution in [0.1, 0.15) is 22.9 Å².